The van der Waals surface area contributed by atoms with Gasteiger partial charge in [-0.1, -0.05) is 41.0 Å². The second-order valence-electron chi connectivity index (χ2n) is 7.16. The summed E-state index contributed by atoms with van der Waals surface area (Å²) >= 11 is 6.04. The lowest BCUT2D eigenvalue weighted by atomic mass is 10.2. The lowest BCUT2D eigenvalue weighted by molar-refractivity contribution is 0.363. The van der Waals surface area contributed by atoms with Gasteiger partial charge in [0.15, 0.2) is 5.96 Å². The van der Waals surface area contributed by atoms with Crippen LogP contribution in [-0.2, 0) is 6.54 Å². The fourth-order valence-electron chi connectivity index (χ4n) is 3.52. The second kappa shape index (κ2) is 9.70. The van der Waals surface area contributed by atoms with E-state index < -0.39 is 0 Å². The normalized spacial score (nSPS) is 14.7. The highest BCUT2D eigenvalue weighted by Gasteiger charge is 2.21. The topological polar surface area (TPSA) is 90.0 Å². The Hall–Kier alpha value is -3.26. The van der Waals surface area contributed by atoms with Crippen molar-refractivity contribution in [1.29, 1.82) is 0 Å². The van der Waals surface area contributed by atoms with Crippen molar-refractivity contribution in [2.45, 2.75) is 13.5 Å². The van der Waals surface area contributed by atoms with Crippen LogP contribution >= 0.6 is 11.6 Å². The molecular weight excluding hydrogens is 416 g/mol. The molecule has 4 rings (SSSR count). The summed E-state index contributed by atoms with van der Waals surface area (Å²) in [6.45, 7) is 6.25. The van der Waals surface area contributed by atoms with E-state index in [2.05, 4.69) is 30.2 Å². The molecule has 1 fully saturated rings. The predicted molar refractivity (Wildman–Crippen MR) is 121 cm³/mol. The molecule has 0 amide bonds. The number of hydrogen-bond acceptors (Lipinski definition) is 6. The molecule has 1 aromatic heterocycles. The van der Waals surface area contributed by atoms with E-state index in [0.717, 1.165) is 49.9 Å². The van der Waals surface area contributed by atoms with Gasteiger partial charge in [0.1, 0.15) is 12.3 Å². The largest absolute Gasteiger partial charge is 0.506 e. The fraction of sp³-hybridized carbons (Fsp3) is 0.318. The summed E-state index contributed by atoms with van der Waals surface area (Å²) in [6, 6.07) is 14.8. The SMILES string of the molecule is CCNC(=NCc1nc(-c2cccc(Cl)c2)no1)N1CCN(c2ccccc2O)CC1. The number of halogens is 1. The maximum atomic E-state index is 10.1. The Morgan fingerprint density at radius 1 is 1.16 bits per heavy atom. The molecule has 0 aliphatic carbocycles. The maximum Gasteiger partial charge on any atom is 0.248 e. The zero-order valence-corrected chi connectivity index (χ0v) is 18.1. The van der Waals surface area contributed by atoms with E-state index in [1.54, 1.807) is 18.2 Å². The van der Waals surface area contributed by atoms with Crippen LogP contribution in [0, 0.1) is 0 Å². The van der Waals surface area contributed by atoms with Gasteiger partial charge >= 0.3 is 0 Å². The van der Waals surface area contributed by atoms with Gasteiger partial charge in [0, 0.05) is 43.3 Å². The van der Waals surface area contributed by atoms with Gasteiger partial charge < -0.3 is 24.7 Å². The zero-order chi connectivity index (χ0) is 21.6. The third kappa shape index (κ3) is 5.08. The number of phenols is 1. The highest BCUT2D eigenvalue weighted by Crippen LogP contribution is 2.27. The van der Waals surface area contributed by atoms with Gasteiger partial charge in [-0.05, 0) is 31.2 Å². The third-order valence-corrected chi connectivity index (χ3v) is 5.29. The lowest BCUT2D eigenvalue weighted by Crippen LogP contribution is -2.52. The molecule has 0 atom stereocenters. The second-order valence-corrected chi connectivity index (χ2v) is 7.59. The van der Waals surface area contributed by atoms with Crippen LogP contribution in [-0.4, -0.2) is 58.8 Å². The predicted octanol–water partition coefficient (Wildman–Crippen LogP) is 3.38. The van der Waals surface area contributed by atoms with E-state index in [9.17, 15) is 5.11 Å². The smallest absolute Gasteiger partial charge is 0.248 e. The average molecular weight is 441 g/mol. The fourth-order valence-corrected chi connectivity index (χ4v) is 3.71. The zero-order valence-electron chi connectivity index (χ0n) is 17.3. The summed E-state index contributed by atoms with van der Waals surface area (Å²) in [5.74, 6) is 2.05. The minimum absolute atomic E-state index is 0.287. The van der Waals surface area contributed by atoms with Gasteiger partial charge in [0.2, 0.25) is 11.7 Å². The molecule has 1 aliphatic rings. The van der Waals surface area contributed by atoms with E-state index in [1.807, 2.05) is 37.3 Å². The monoisotopic (exact) mass is 440 g/mol. The van der Waals surface area contributed by atoms with E-state index in [4.69, 9.17) is 16.1 Å². The van der Waals surface area contributed by atoms with Crippen LogP contribution in [0.3, 0.4) is 0 Å². The third-order valence-electron chi connectivity index (χ3n) is 5.05. The van der Waals surface area contributed by atoms with E-state index >= 15 is 0 Å². The van der Waals surface area contributed by atoms with Crippen LogP contribution in [0.2, 0.25) is 5.02 Å². The molecule has 9 heteroatoms. The molecule has 8 nitrogen and oxygen atoms in total. The first kappa shape index (κ1) is 21.0. The number of nitrogens with one attached hydrogen (secondary N) is 1. The molecule has 0 saturated carbocycles. The summed E-state index contributed by atoms with van der Waals surface area (Å²) in [5.41, 5.74) is 1.67. The summed E-state index contributed by atoms with van der Waals surface area (Å²) in [7, 11) is 0. The molecule has 2 aromatic carbocycles. The number of hydrogen-bond donors (Lipinski definition) is 2. The highest BCUT2D eigenvalue weighted by molar-refractivity contribution is 6.30. The Balaban J connectivity index is 1.41. The molecule has 0 bridgehead atoms. The molecule has 162 valence electrons. The molecule has 0 spiro atoms. The Morgan fingerprint density at radius 2 is 1.97 bits per heavy atom. The first-order valence-electron chi connectivity index (χ1n) is 10.3. The van der Waals surface area contributed by atoms with Crippen molar-refractivity contribution in [3.8, 4) is 17.1 Å². The first-order chi connectivity index (χ1) is 15.1. The molecule has 2 N–H and O–H groups in total. The number of aromatic nitrogens is 2. The van der Waals surface area contributed by atoms with Gasteiger partial charge in [-0.25, -0.2) is 4.99 Å². The number of piperazine rings is 1. The summed E-state index contributed by atoms with van der Waals surface area (Å²) < 4.78 is 5.37. The van der Waals surface area contributed by atoms with Crippen LogP contribution in [0.1, 0.15) is 12.8 Å². The number of guanidine groups is 1. The van der Waals surface area contributed by atoms with Crippen molar-refractivity contribution in [3.63, 3.8) is 0 Å². The molecule has 0 radical (unpaired) electrons. The van der Waals surface area contributed by atoms with Crippen molar-refractivity contribution in [2.24, 2.45) is 4.99 Å². The number of rotatable bonds is 5. The van der Waals surface area contributed by atoms with Crippen LogP contribution in [0.5, 0.6) is 5.75 Å². The summed E-state index contributed by atoms with van der Waals surface area (Å²) in [4.78, 5) is 13.5. The van der Waals surface area contributed by atoms with Crippen LogP contribution in [0.15, 0.2) is 58.0 Å². The first-order valence-corrected chi connectivity index (χ1v) is 10.7. The van der Waals surface area contributed by atoms with Crippen molar-refractivity contribution >= 4 is 23.2 Å². The molecule has 31 heavy (non-hydrogen) atoms. The molecule has 3 aromatic rings. The number of anilines is 1. The number of para-hydroxylation sites is 2. The van der Waals surface area contributed by atoms with Crippen molar-refractivity contribution in [1.82, 2.24) is 20.4 Å². The lowest BCUT2D eigenvalue weighted by Gasteiger charge is -2.37. The van der Waals surface area contributed by atoms with Crippen LogP contribution in [0.4, 0.5) is 5.69 Å². The van der Waals surface area contributed by atoms with Crippen molar-refractivity contribution in [3.05, 3.63) is 59.4 Å². The Morgan fingerprint density at radius 3 is 2.71 bits per heavy atom. The Kier molecular flexibility index (Phi) is 6.57. The van der Waals surface area contributed by atoms with Gasteiger partial charge in [-0.3, -0.25) is 0 Å². The number of aliphatic imine (C=N–C) groups is 1. The van der Waals surface area contributed by atoms with Gasteiger partial charge in [0.05, 0.1) is 5.69 Å². The standard InChI is InChI=1S/C22H25ClN6O2/c1-2-24-22(29-12-10-28(11-13-29)18-8-3-4-9-19(18)30)25-15-20-26-21(27-31-20)16-6-5-7-17(23)14-16/h3-9,14,30H,2,10-13,15H2,1H3,(H,24,25). The van der Waals surface area contributed by atoms with E-state index in [-0.39, 0.29) is 6.54 Å². The molecule has 1 aliphatic heterocycles. The highest BCUT2D eigenvalue weighted by atomic mass is 35.5. The summed E-state index contributed by atoms with van der Waals surface area (Å²) in [6.07, 6.45) is 0. The minimum atomic E-state index is 0.287. The number of nitrogens with zero attached hydrogens (tertiary/aromatic N) is 5. The molecule has 2 heterocycles. The summed E-state index contributed by atoms with van der Waals surface area (Å²) in [5, 5.41) is 18.1. The molecule has 1 saturated heterocycles. The van der Waals surface area contributed by atoms with Gasteiger partial charge in [-0.15, -0.1) is 0 Å². The van der Waals surface area contributed by atoms with Gasteiger partial charge in [-0.2, -0.15) is 4.98 Å². The van der Waals surface area contributed by atoms with E-state index in [1.165, 1.54) is 0 Å². The molecular formula is C22H25ClN6O2. The molecule has 0 unspecified atom stereocenters. The van der Waals surface area contributed by atoms with Crippen LogP contribution < -0.4 is 10.2 Å². The number of phenolic OH excluding ortho intramolecular Hbond substituents is 1. The number of aromatic hydroxyl groups is 1. The van der Waals surface area contributed by atoms with Crippen LogP contribution in [0.25, 0.3) is 11.4 Å². The number of benzene rings is 2. The van der Waals surface area contributed by atoms with Crippen molar-refractivity contribution < 1.29 is 9.63 Å². The quantitative estimate of drug-likeness (QED) is 0.464. The Labute approximate surface area is 186 Å². The average Bonchev–Trinajstić information content (AvgIpc) is 3.26. The van der Waals surface area contributed by atoms with Gasteiger partial charge in [0.25, 0.3) is 0 Å². The minimum Gasteiger partial charge on any atom is -0.506 e. The van der Waals surface area contributed by atoms with Crippen molar-refractivity contribution in [2.75, 3.05) is 37.6 Å². The Bertz CT molecular complexity index is 1050. The maximum absolute atomic E-state index is 10.1. The van der Waals surface area contributed by atoms with E-state index in [0.29, 0.717) is 22.5 Å².